The molecule has 3 N–H and O–H groups in total. The van der Waals surface area contributed by atoms with Crippen LogP contribution in [0.4, 0.5) is 4.39 Å². The summed E-state index contributed by atoms with van der Waals surface area (Å²) in [6, 6.07) is 4.98. The topological polar surface area (TPSA) is 81.4 Å². The molecule has 0 aliphatic heterocycles. The Morgan fingerprint density at radius 1 is 1.37 bits per heavy atom. The van der Waals surface area contributed by atoms with Gasteiger partial charge in [-0.2, -0.15) is 0 Å². The van der Waals surface area contributed by atoms with Crippen LogP contribution in [0.3, 0.4) is 0 Å². The van der Waals surface area contributed by atoms with Crippen molar-refractivity contribution in [3.8, 4) is 0 Å². The molecule has 1 aromatic rings. The molecule has 0 saturated heterocycles. The first-order chi connectivity index (χ1) is 9.06. The summed E-state index contributed by atoms with van der Waals surface area (Å²) in [7, 11) is 0. The monoisotopic (exact) mass is 268 g/mol. The maximum absolute atomic E-state index is 12.9. The van der Waals surface area contributed by atoms with Gasteiger partial charge in [-0.15, -0.1) is 0 Å². The van der Waals surface area contributed by atoms with Gasteiger partial charge < -0.3 is 15.8 Å². The average molecular weight is 268 g/mol. The van der Waals surface area contributed by atoms with E-state index in [9.17, 15) is 14.0 Å². The molecule has 1 unspecified atom stereocenters. The number of benzene rings is 1. The van der Waals surface area contributed by atoms with E-state index in [1.807, 2.05) is 0 Å². The number of carbonyl (C=O) groups excluding carboxylic acids is 2. The normalized spacial score (nSPS) is 11.7. The third-order valence-electron chi connectivity index (χ3n) is 2.47. The molecule has 5 nitrogen and oxygen atoms in total. The summed E-state index contributed by atoms with van der Waals surface area (Å²) in [4.78, 5) is 22.8. The van der Waals surface area contributed by atoms with Crippen molar-refractivity contribution in [3.05, 3.63) is 35.6 Å². The van der Waals surface area contributed by atoms with Gasteiger partial charge in [0.25, 0.3) is 0 Å². The van der Waals surface area contributed by atoms with Crippen molar-refractivity contribution in [2.45, 2.75) is 19.4 Å². The Kier molecular flexibility index (Phi) is 5.95. The minimum atomic E-state index is -0.573. The second-order valence-corrected chi connectivity index (χ2v) is 3.88. The van der Waals surface area contributed by atoms with Crippen LogP contribution in [0.2, 0.25) is 0 Å². The summed E-state index contributed by atoms with van der Waals surface area (Å²) in [6.07, 6.45) is -0.0226. The van der Waals surface area contributed by atoms with Gasteiger partial charge in [-0.25, -0.2) is 4.39 Å². The van der Waals surface area contributed by atoms with Crippen molar-refractivity contribution in [2.24, 2.45) is 5.73 Å². The van der Waals surface area contributed by atoms with E-state index in [0.29, 0.717) is 5.56 Å². The Hall–Kier alpha value is -1.95. The third kappa shape index (κ3) is 5.05. The van der Waals surface area contributed by atoms with Crippen molar-refractivity contribution < 1.29 is 18.7 Å². The van der Waals surface area contributed by atoms with Crippen molar-refractivity contribution in [1.29, 1.82) is 0 Å². The number of nitrogens with one attached hydrogen (secondary N) is 1. The van der Waals surface area contributed by atoms with Gasteiger partial charge in [0.15, 0.2) is 0 Å². The Morgan fingerprint density at radius 2 is 2.00 bits per heavy atom. The number of hydrogen-bond acceptors (Lipinski definition) is 4. The lowest BCUT2D eigenvalue weighted by Gasteiger charge is -2.18. The number of carbonyl (C=O) groups is 2. The van der Waals surface area contributed by atoms with Crippen LogP contribution < -0.4 is 11.1 Å². The predicted octanol–water partition coefficient (Wildman–Crippen LogP) is 0.895. The van der Waals surface area contributed by atoms with Crippen LogP contribution in [-0.2, 0) is 14.3 Å². The second-order valence-electron chi connectivity index (χ2n) is 3.88. The number of hydrogen-bond donors (Lipinski definition) is 2. The maximum Gasteiger partial charge on any atom is 0.308 e. The fourth-order valence-electron chi connectivity index (χ4n) is 1.59. The molecule has 0 aliphatic carbocycles. The molecule has 1 rings (SSSR count). The van der Waals surface area contributed by atoms with Crippen LogP contribution in [0.1, 0.15) is 24.9 Å². The second kappa shape index (κ2) is 7.48. The van der Waals surface area contributed by atoms with E-state index in [1.165, 1.54) is 24.3 Å². The molecule has 0 bridgehead atoms. The van der Waals surface area contributed by atoms with Crippen LogP contribution in [0.15, 0.2) is 24.3 Å². The third-order valence-corrected chi connectivity index (χ3v) is 2.47. The molecular weight excluding hydrogens is 251 g/mol. The SMILES string of the molecule is CCOC(=O)CC(NC(=O)CN)c1ccc(F)cc1. The molecule has 1 atom stereocenters. The lowest BCUT2D eigenvalue weighted by molar-refractivity contribution is -0.143. The number of rotatable bonds is 6. The molecule has 0 spiro atoms. The lowest BCUT2D eigenvalue weighted by atomic mass is 10.0. The summed E-state index contributed by atoms with van der Waals surface area (Å²) in [5.41, 5.74) is 5.85. The number of halogens is 1. The Bertz CT molecular complexity index is 434. The molecule has 104 valence electrons. The number of amides is 1. The molecule has 0 radical (unpaired) electrons. The lowest BCUT2D eigenvalue weighted by Crippen LogP contribution is -2.35. The minimum Gasteiger partial charge on any atom is -0.466 e. The summed E-state index contributed by atoms with van der Waals surface area (Å²) >= 11 is 0. The van der Waals surface area contributed by atoms with Crippen molar-refractivity contribution in [1.82, 2.24) is 5.32 Å². The van der Waals surface area contributed by atoms with E-state index in [-0.39, 0.29) is 25.4 Å². The summed E-state index contributed by atoms with van der Waals surface area (Å²) < 4.78 is 17.7. The van der Waals surface area contributed by atoms with Gasteiger partial charge in [0.1, 0.15) is 5.82 Å². The standard InChI is InChI=1S/C13H17FN2O3/c1-2-19-13(18)7-11(16-12(17)8-15)9-3-5-10(14)6-4-9/h3-6,11H,2,7-8,15H2,1H3,(H,16,17). The quantitative estimate of drug-likeness (QED) is 0.751. The van der Waals surface area contributed by atoms with Gasteiger partial charge in [0, 0.05) is 0 Å². The molecule has 0 heterocycles. The zero-order valence-electron chi connectivity index (χ0n) is 10.7. The van der Waals surface area contributed by atoms with Gasteiger partial charge in [0.2, 0.25) is 5.91 Å². The molecule has 1 amide bonds. The first kappa shape index (κ1) is 15.1. The van der Waals surface area contributed by atoms with Crippen molar-refractivity contribution in [3.63, 3.8) is 0 Å². The van der Waals surface area contributed by atoms with Crippen LogP contribution in [0, 0.1) is 5.82 Å². The molecule has 0 aliphatic rings. The van der Waals surface area contributed by atoms with Crippen LogP contribution in [0.25, 0.3) is 0 Å². The maximum atomic E-state index is 12.9. The smallest absolute Gasteiger partial charge is 0.308 e. The average Bonchev–Trinajstić information content (AvgIpc) is 2.39. The van der Waals surface area contributed by atoms with E-state index < -0.39 is 17.9 Å². The van der Waals surface area contributed by atoms with Crippen molar-refractivity contribution >= 4 is 11.9 Å². The number of nitrogens with two attached hydrogens (primary N) is 1. The molecule has 19 heavy (non-hydrogen) atoms. The summed E-state index contributed by atoms with van der Waals surface area (Å²) in [5.74, 6) is -1.21. The first-order valence-electron chi connectivity index (χ1n) is 5.97. The zero-order chi connectivity index (χ0) is 14.3. The zero-order valence-corrected chi connectivity index (χ0v) is 10.7. The molecule has 0 aromatic heterocycles. The van der Waals surface area contributed by atoms with Gasteiger partial charge in [-0.1, -0.05) is 12.1 Å². The van der Waals surface area contributed by atoms with Crippen LogP contribution in [-0.4, -0.2) is 25.0 Å². The highest BCUT2D eigenvalue weighted by Crippen LogP contribution is 2.18. The highest BCUT2D eigenvalue weighted by Gasteiger charge is 2.18. The molecule has 1 aromatic carbocycles. The largest absolute Gasteiger partial charge is 0.466 e. The van der Waals surface area contributed by atoms with Gasteiger partial charge in [-0.05, 0) is 24.6 Å². The Balaban J connectivity index is 2.82. The Labute approximate surface area is 110 Å². The van der Waals surface area contributed by atoms with E-state index in [1.54, 1.807) is 6.92 Å². The first-order valence-corrected chi connectivity index (χ1v) is 5.97. The fourth-order valence-corrected chi connectivity index (χ4v) is 1.59. The van der Waals surface area contributed by atoms with E-state index >= 15 is 0 Å². The molecular formula is C13H17FN2O3. The predicted molar refractivity (Wildman–Crippen MR) is 67.6 cm³/mol. The van der Waals surface area contributed by atoms with E-state index in [2.05, 4.69) is 5.32 Å². The van der Waals surface area contributed by atoms with Gasteiger partial charge in [-0.3, -0.25) is 9.59 Å². The Morgan fingerprint density at radius 3 is 2.53 bits per heavy atom. The highest BCUT2D eigenvalue weighted by molar-refractivity contribution is 5.79. The highest BCUT2D eigenvalue weighted by atomic mass is 19.1. The molecule has 0 saturated carbocycles. The summed E-state index contributed by atoms with van der Waals surface area (Å²) in [5, 5.41) is 2.60. The fraction of sp³-hybridized carbons (Fsp3) is 0.385. The molecule has 0 fully saturated rings. The van der Waals surface area contributed by atoms with Crippen LogP contribution in [0.5, 0.6) is 0 Å². The number of esters is 1. The number of ether oxygens (including phenoxy) is 1. The van der Waals surface area contributed by atoms with Crippen LogP contribution >= 0.6 is 0 Å². The molecule has 6 heteroatoms. The van der Waals surface area contributed by atoms with Gasteiger partial charge in [0.05, 0.1) is 25.6 Å². The van der Waals surface area contributed by atoms with E-state index in [4.69, 9.17) is 10.5 Å². The van der Waals surface area contributed by atoms with Crippen molar-refractivity contribution in [2.75, 3.05) is 13.2 Å². The summed E-state index contributed by atoms with van der Waals surface area (Å²) in [6.45, 7) is 1.78. The van der Waals surface area contributed by atoms with Gasteiger partial charge >= 0.3 is 5.97 Å². The van der Waals surface area contributed by atoms with E-state index in [0.717, 1.165) is 0 Å². The minimum absolute atomic E-state index is 0.0226.